The highest BCUT2D eigenvalue weighted by Crippen LogP contribution is 2.22. The largest absolute Gasteiger partial charge is 0.313 e. The van der Waals surface area contributed by atoms with E-state index in [9.17, 15) is 0 Å². The van der Waals surface area contributed by atoms with Crippen LogP contribution in [0.2, 0.25) is 0 Å². The zero-order valence-corrected chi connectivity index (χ0v) is 13.3. The number of aryl methyl sites for hydroxylation is 2. The van der Waals surface area contributed by atoms with Crippen LogP contribution in [0.3, 0.4) is 0 Å². The zero-order chi connectivity index (χ0) is 14.0. The summed E-state index contributed by atoms with van der Waals surface area (Å²) in [7, 11) is 0. The van der Waals surface area contributed by atoms with E-state index < -0.39 is 0 Å². The molecule has 0 atom stereocenters. The van der Waals surface area contributed by atoms with Crippen LogP contribution in [0.1, 0.15) is 37.9 Å². The van der Waals surface area contributed by atoms with Crippen molar-refractivity contribution in [2.75, 3.05) is 13.1 Å². The number of hydrogen-bond donors (Lipinski definition) is 1. The smallest absolute Gasteiger partial charge is 0.194 e. The molecule has 4 heteroatoms. The van der Waals surface area contributed by atoms with Crippen molar-refractivity contribution in [2.45, 2.75) is 34.6 Å². The van der Waals surface area contributed by atoms with E-state index in [1.165, 1.54) is 17.0 Å². The fraction of sp³-hybridized carbons (Fsp3) is 0.533. The number of thiazole rings is 1. The number of nitrogens with zero attached hydrogens (tertiary/aromatic N) is 2. The molecular formula is C15H23N3S. The van der Waals surface area contributed by atoms with Gasteiger partial charge in [0.25, 0.3) is 0 Å². The maximum Gasteiger partial charge on any atom is 0.194 e. The molecule has 19 heavy (non-hydrogen) atoms. The summed E-state index contributed by atoms with van der Waals surface area (Å²) >= 11 is 1.70. The second kappa shape index (κ2) is 5.88. The van der Waals surface area contributed by atoms with Crippen molar-refractivity contribution in [3.63, 3.8) is 0 Å². The number of fused-ring (bicyclic) bond motifs is 1. The Hall–Kier alpha value is -1.13. The minimum Gasteiger partial charge on any atom is -0.313 e. The summed E-state index contributed by atoms with van der Waals surface area (Å²) in [5.41, 5.74) is 4.93. The summed E-state index contributed by atoms with van der Waals surface area (Å²) in [4.78, 5) is 5.70. The van der Waals surface area contributed by atoms with Gasteiger partial charge in [-0.25, -0.2) is 4.98 Å². The van der Waals surface area contributed by atoms with Crippen LogP contribution in [0.4, 0.5) is 0 Å². The minimum atomic E-state index is 0.690. The topological polar surface area (TPSA) is 29.3 Å². The Morgan fingerprint density at radius 2 is 2.21 bits per heavy atom. The van der Waals surface area contributed by atoms with E-state index in [4.69, 9.17) is 0 Å². The second-order valence-electron chi connectivity index (χ2n) is 5.59. The number of nitrogens with one attached hydrogen (secondary N) is 1. The van der Waals surface area contributed by atoms with Gasteiger partial charge in [-0.1, -0.05) is 19.4 Å². The summed E-state index contributed by atoms with van der Waals surface area (Å²) in [6.07, 6.45) is 2.25. The van der Waals surface area contributed by atoms with Crippen molar-refractivity contribution in [1.29, 1.82) is 0 Å². The van der Waals surface area contributed by atoms with Gasteiger partial charge in [-0.15, -0.1) is 11.3 Å². The number of imidazole rings is 1. The first-order valence-corrected chi connectivity index (χ1v) is 7.68. The molecule has 2 aromatic heterocycles. The fourth-order valence-electron chi connectivity index (χ4n) is 2.14. The van der Waals surface area contributed by atoms with Gasteiger partial charge in [-0.3, -0.25) is 4.40 Å². The first kappa shape index (κ1) is 14.3. The quantitative estimate of drug-likeness (QED) is 0.903. The van der Waals surface area contributed by atoms with Gasteiger partial charge in [-0.05, 0) is 39.3 Å². The molecule has 0 spiro atoms. The molecular weight excluding hydrogens is 254 g/mol. The summed E-state index contributed by atoms with van der Waals surface area (Å²) in [5.74, 6) is 0.690. The van der Waals surface area contributed by atoms with Gasteiger partial charge in [0, 0.05) is 17.6 Å². The molecule has 104 valence electrons. The zero-order valence-electron chi connectivity index (χ0n) is 12.4. The normalized spacial score (nSPS) is 12.8. The highest BCUT2D eigenvalue weighted by molar-refractivity contribution is 7.15. The molecule has 0 bridgehead atoms. The summed E-state index contributed by atoms with van der Waals surface area (Å²) in [6, 6.07) is 0. The maximum absolute atomic E-state index is 4.61. The molecule has 0 saturated carbocycles. The van der Waals surface area contributed by atoms with Gasteiger partial charge in [-0.2, -0.15) is 0 Å². The molecule has 1 N–H and O–H groups in total. The summed E-state index contributed by atoms with van der Waals surface area (Å²) < 4.78 is 2.24. The van der Waals surface area contributed by atoms with Crippen molar-refractivity contribution in [2.24, 2.45) is 5.92 Å². The predicted molar refractivity (Wildman–Crippen MR) is 83.9 cm³/mol. The van der Waals surface area contributed by atoms with E-state index in [-0.39, 0.29) is 0 Å². The Morgan fingerprint density at radius 3 is 2.89 bits per heavy atom. The maximum atomic E-state index is 4.61. The van der Waals surface area contributed by atoms with Gasteiger partial charge in [0.1, 0.15) is 0 Å². The Labute approximate surface area is 119 Å². The fourth-order valence-corrected chi connectivity index (χ4v) is 3.06. The standard InChI is InChI=1S/C15H23N3S/c1-10(2)7-16-8-11(3)6-14-13(5)17-15-18(14)12(4)9-19-15/h6,9-10,16H,7-8H2,1-5H3. The van der Waals surface area contributed by atoms with Crippen LogP contribution in [0.25, 0.3) is 11.0 Å². The van der Waals surface area contributed by atoms with Crippen LogP contribution in [0.5, 0.6) is 0 Å². The lowest BCUT2D eigenvalue weighted by molar-refractivity contribution is 0.572. The molecule has 0 amide bonds. The number of hydrogen-bond acceptors (Lipinski definition) is 3. The lowest BCUT2D eigenvalue weighted by atomic mass is 10.2. The third-order valence-electron chi connectivity index (χ3n) is 3.09. The van der Waals surface area contributed by atoms with Crippen LogP contribution in [-0.4, -0.2) is 22.5 Å². The van der Waals surface area contributed by atoms with Gasteiger partial charge in [0.15, 0.2) is 4.96 Å². The van der Waals surface area contributed by atoms with Crippen molar-refractivity contribution >= 4 is 22.4 Å². The van der Waals surface area contributed by atoms with Crippen LogP contribution >= 0.6 is 11.3 Å². The molecule has 0 aliphatic heterocycles. The molecule has 2 heterocycles. The van der Waals surface area contributed by atoms with E-state index >= 15 is 0 Å². The predicted octanol–water partition coefficient (Wildman–Crippen LogP) is 3.66. The van der Waals surface area contributed by atoms with Crippen LogP contribution < -0.4 is 5.32 Å². The summed E-state index contributed by atoms with van der Waals surface area (Å²) in [5, 5.41) is 5.64. The van der Waals surface area contributed by atoms with Crippen molar-refractivity contribution in [1.82, 2.24) is 14.7 Å². The molecule has 0 saturated heterocycles. The van der Waals surface area contributed by atoms with E-state index in [1.807, 2.05) is 0 Å². The Bertz CT molecular complexity index is 590. The van der Waals surface area contributed by atoms with Crippen LogP contribution in [0.15, 0.2) is 11.0 Å². The minimum absolute atomic E-state index is 0.690. The summed E-state index contributed by atoms with van der Waals surface area (Å²) in [6.45, 7) is 12.8. The van der Waals surface area contributed by atoms with Crippen molar-refractivity contribution in [3.8, 4) is 0 Å². The monoisotopic (exact) mass is 277 g/mol. The lowest BCUT2D eigenvalue weighted by Crippen LogP contribution is -2.21. The average Bonchev–Trinajstić information content (AvgIpc) is 2.81. The van der Waals surface area contributed by atoms with E-state index in [0.29, 0.717) is 5.92 Å². The third kappa shape index (κ3) is 3.25. The molecule has 0 aliphatic carbocycles. The van der Waals surface area contributed by atoms with Gasteiger partial charge >= 0.3 is 0 Å². The highest BCUT2D eigenvalue weighted by Gasteiger charge is 2.10. The van der Waals surface area contributed by atoms with Gasteiger partial charge in [0.05, 0.1) is 11.4 Å². The number of aromatic nitrogens is 2. The Balaban J connectivity index is 2.19. The van der Waals surface area contributed by atoms with E-state index in [1.54, 1.807) is 11.3 Å². The first-order chi connectivity index (χ1) is 8.99. The highest BCUT2D eigenvalue weighted by atomic mass is 32.1. The lowest BCUT2D eigenvalue weighted by Gasteiger charge is -2.07. The van der Waals surface area contributed by atoms with E-state index in [0.717, 1.165) is 23.7 Å². The number of rotatable bonds is 5. The SMILES string of the molecule is CC(=Cc1c(C)nc2scc(C)n12)CNCC(C)C. The van der Waals surface area contributed by atoms with Crippen molar-refractivity contribution in [3.05, 3.63) is 28.0 Å². The molecule has 0 radical (unpaired) electrons. The molecule has 0 unspecified atom stereocenters. The molecule has 2 aromatic rings. The van der Waals surface area contributed by atoms with Gasteiger partial charge < -0.3 is 5.32 Å². The third-order valence-corrected chi connectivity index (χ3v) is 4.04. The van der Waals surface area contributed by atoms with E-state index in [2.05, 4.69) is 60.8 Å². The Kier molecular flexibility index (Phi) is 4.42. The second-order valence-corrected chi connectivity index (χ2v) is 6.43. The first-order valence-electron chi connectivity index (χ1n) is 6.80. The molecule has 3 nitrogen and oxygen atoms in total. The van der Waals surface area contributed by atoms with Crippen molar-refractivity contribution < 1.29 is 0 Å². The average molecular weight is 277 g/mol. The molecule has 0 fully saturated rings. The van der Waals surface area contributed by atoms with Crippen LogP contribution in [0, 0.1) is 19.8 Å². The molecule has 0 aromatic carbocycles. The van der Waals surface area contributed by atoms with Crippen LogP contribution in [-0.2, 0) is 0 Å². The Morgan fingerprint density at radius 1 is 1.47 bits per heavy atom. The van der Waals surface area contributed by atoms with Gasteiger partial charge in [0.2, 0.25) is 0 Å². The molecule has 0 aliphatic rings. The molecule has 2 rings (SSSR count).